The van der Waals surface area contributed by atoms with Gasteiger partial charge in [-0.05, 0) is 61.4 Å². The molecule has 3 N–H and O–H groups in total. The monoisotopic (exact) mass is 505 g/mol. The third-order valence-corrected chi connectivity index (χ3v) is 5.74. The van der Waals surface area contributed by atoms with Gasteiger partial charge in [0.25, 0.3) is 11.5 Å². The number of rotatable bonds is 8. The topological polar surface area (TPSA) is 121 Å². The van der Waals surface area contributed by atoms with E-state index in [0.29, 0.717) is 22.3 Å². The SMILES string of the molecule is CCn1c(=O)cc(Nc2ccc(Oc3cccc(C(N)=O)n3)c(C)c2)n(Cc2ccc(Cl)cc2)c1=O. The van der Waals surface area contributed by atoms with Gasteiger partial charge in [0, 0.05) is 29.4 Å². The van der Waals surface area contributed by atoms with Crippen molar-refractivity contribution in [1.29, 1.82) is 0 Å². The standard InChI is InChI=1S/C26H24ClN5O4/c1-3-31-24(33)14-22(32(26(31)35)15-17-7-9-18(27)10-8-17)29-19-11-12-21(16(2)13-19)36-23-6-4-5-20(30-23)25(28)34/h4-14,29H,3,15H2,1-2H3,(H2,28,34). The van der Waals surface area contributed by atoms with Crippen LogP contribution in [0, 0.1) is 6.92 Å². The van der Waals surface area contributed by atoms with Gasteiger partial charge in [0.15, 0.2) is 0 Å². The highest BCUT2D eigenvalue weighted by atomic mass is 35.5. The molecule has 0 spiro atoms. The first-order valence-electron chi connectivity index (χ1n) is 11.2. The summed E-state index contributed by atoms with van der Waals surface area (Å²) in [5.41, 5.74) is 6.85. The molecule has 2 heterocycles. The van der Waals surface area contributed by atoms with Gasteiger partial charge in [-0.3, -0.25) is 18.7 Å². The number of nitrogens with two attached hydrogens (primary N) is 1. The molecule has 4 rings (SSSR count). The number of aryl methyl sites for hydroxylation is 1. The first-order valence-corrected chi connectivity index (χ1v) is 11.5. The minimum absolute atomic E-state index is 0.101. The molecule has 36 heavy (non-hydrogen) atoms. The van der Waals surface area contributed by atoms with Crippen LogP contribution in [-0.4, -0.2) is 20.0 Å². The molecule has 0 saturated carbocycles. The molecule has 0 saturated heterocycles. The summed E-state index contributed by atoms with van der Waals surface area (Å²) < 4.78 is 8.50. The van der Waals surface area contributed by atoms with Crippen LogP contribution < -0.4 is 27.0 Å². The number of primary amides is 1. The number of carbonyl (C=O) groups is 1. The lowest BCUT2D eigenvalue weighted by Gasteiger charge is -2.17. The minimum atomic E-state index is -0.647. The molecule has 184 valence electrons. The number of aromatic nitrogens is 3. The average molecular weight is 506 g/mol. The van der Waals surface area contributed by atoms with E-state index in [-0.39, 0.29) is 24.7 Å². The van der Waals surface area contributed by atoms with E-state index in [2.05, 4.69) is 10.3 Å². The van der Waals surface area contributed by atoms with Crippen LogP contribution in [0.15, 0.2) is 76.3 Å². The molecule has 2 aromatic carbocycles. The normalized spacial score (nSPS) is 10.8. The Bertz CT molecular complexity index is 1540. The molecule has 0 radical (unpaired) electrons. The molecule has 0 fully saturated rings. The molecule has 2 aromatic heterocycles. The van der Waals surface area contributed by atoms with Crippen LogP contribution in [0.25, 0.3) is 0 Å². The van der Waals surface area contributed by atoms with Crippen molar-refractivity contribution in [3.8, 4) is 11.6 Å². The first kappa shape index (κ1) is 24.7. The van der Waals surface area contributed by atoms with Gasteiger partial charge < -0.3 is 15.8 Å². The zero-order chi connectivity index (χ0) is 25.8. The number of benzene rings is 2. The zero-order valence-electron chi connectivity index (χ0n) is 19.7. The number of pyridine rings is 1. The Labute approximate surface area is 211 Å². The van der Waals surface area contributed by atoms with E-state index in [1.165, 1.54) is 21.3 Å². The molecule has 1 amide bonds. The fourth-order valence-corrected chi connectivity index (χ4v) is 3.77. The summed E-state index contributed by atoms with van der Waals surface area (Å²) >= 11 is 5.99. The van der Waals surface area contributed by atoms with Gasteiger partial charge in [-0.2, -0.15) is 0 Å². The number of amides is 1. The van der Waals surface area contributed by atoms with Crippen LogP contribution >= 0.6 is 11.6 Å². The summed E-state index contributed by atoms with van der Waals surface area (Å²) in [5.74, 6) is 0.463. The van der Waals surface area contributed by atoms with Gasteiger partial charge in [-0.1, -0.05) is 29.8 Å². The quantitative estimate of drug-likeness (QED) is 0.372. The maximum absolute atomic E-state index is 13.1. The van der Waals surface area contributed by atoms with E-state index >= 15 is 0 Å². The van der Waals surface area contributed by atoms with Crippen molar-refractivity contribution in [2.75, 3.05) is 5.32 Å². The summed E-state index contributed by atoms with van der Waals surface area (Å²) in [6, 6.07) is 18.6. The van der Waals surface area contributed by atoms with Crippen molar-refractivity contribution < 1.29 is 9.53 Å². The third kappa shape index (κ3) is 5.47. The predicted molar refractivity (Wildman–Crippen MR) is 138 cm³/mol. The van der Waals surface area contributed by atoms with Gasteiger partial charge in [0.1, 0.15) is 17.3 Å². The maximum atomic E-state index is 13.1. The highest BCUT2D eigenvalue weighted by Crippen LogP contribution is 2.28. The molecule has 0 atom stereocenters. The van der Waals surface area contributed by atoms with Crippen molar-refractivity contribution in [1.82, 2.24) is 14.1 Å². The minimum Gasteiger partial charge on any atom is -0.439 e. The van der Waals surface area contributed by atoms with Crippen LogP contribution in [0.1, 0.15) is 28.5 Å². The molecular formula is C26H24ClN5O4. The van der Waals surface area contributed by atoms with E-state index in [0.717, 1.165) is 11.1 Å². The lowest BCUT2D eigenvalue weighted by atomic mass is 10.2. The lowest BCUT2D eigenvalue weighted by molar-refractivity contribution is 0.0995. The van der Waals surface area contributed by atoms with E-state index < -0.39 is 17.2 Å². The Kier molecular flexibility index (Phi) is 7.21. The smallest absolute Gasteiger partial charge is 0.332 e. The number of carbonyl (C=O) groups excluding carboxylic acids is 1. The summed E-state index contributed by atoms with van der Waals surface area (Å²) in [4.78, 5) is 41.1. The Balaban J connectivity index is 1.64. The lowest BCUT2D eigenvalue weighted by Crippen LogP contribution is -2.40. The summed E-state index contributed by atoms with van der Waals surface area (Å²) in [5, 5.41) is 3.78. The van der Waals surface area contributed by atoms with Crippen molar-refractivity contribution in [3.63, 3.8) is 0 Å². The second-order valence-corrected chi connectivity index (χ2v) is 8.48. The largest absolute Gasteiger partial charge is 0.439 e. The van der Waals surface area contributed by atoms with Crippen LogP contribution in [-0.2, 0) is 13.1 Å². The van der Waals surface area contributed by atoms with Crippen LogP contribution in [0.5, 0.6) is 11.6 Å². The van der Waals surface area contributed by atoms with Crippen LogP contribution in [0.3, 0.4) is 0 Å². The number of hydrogen-bond donors (Lipinski definition) is 2. The highest BCUT2D eigenvalue weighted by molar-refractivity contribution is 6.30. The van der Waals surface area contributed by atoms with E-state index in [9.17, 15) is 14.4 Å². The third-order valence-electron chi connectivity index (χ3n) is 5.49. The van der Waals surface area contributed by atoms with Crippen LogP contribution in [0.2, 0.25) is 5.02 Å². The van der Waals surface area contributed by atoms with Crippen molar-refractivity contribution in [3.05, 3.63) is 109 Å². The Morgan fingerprint density at radius 2 is 1.81 bits per heavy atom. The second-order valence-electron chi connectivity index (χ2n) is 8.04. The maximum Gasteiger partial charge on any atom is 0.332 e. The number of hydrogen-bond acceptors (Lipinski definition) is 6. The van der Waals surface area contributed by atoms with E-state index in [4.69, 9.17) is 22.1 Å². The molecule has 0 bridgehead atoms. The van der Waals surface area contributed by atoms with Crippen molar-refractivity contribution in [2.24, 2.45) is 5.73 Å². The molecule has 4 aromatic rings. The van der Waals surface area contributed by atoms with E-state index in [1.54, 1.807) is 43.3 Å². The summed E-state index contributed by atoms with van der Waals surface area (Å²) in [6.45, 7) is 4.10. The van der Waals surface area contributed by atoms with Crippen molar-refractivity contribution >= 4 is 29.0 Å². The van der Waals surface area contributed by atoms with Crippen molar-refractivity contribution in [2.45, 2.75) is 26.9 Å². The number of ether oxygens (including phenoxy) is 1. The molecule has 0 unspecified atom stereocenters. The van der Waals surface area contributed by atoms with Gasteiger partial charge in [-0.15, -0.1) is 0 Å². The van der Waals surface area contributed by atoms with Gasteiger partial charge >= 0.3 is 5.69 Å². The Hall–Kier alpha value is -4.37. The zero-order valence-corrected chi connectivity index (χ0v) is 20.5. The van der Waals surface area contributed by atoms with Gasteiger partial charge in [-0.25, -0.2) is 9.78 Å². The van der Waals surface area contributed by atoms with Crippen LogP contribution in [0.4, 0.5) is 11.5 Å². The summed E-state index contributed by atoms with van der Waals surface area (Å²) in [7, 11) is 0. The number of anilines is 2. The molecule has 9 nitrogen and oxygen atoms in total. The van der Waals surface area contributed by atoms with E-state index in [1.807, 2.05) is 25.1 Å². The second kappa shape index (κ2) is 10.5. The Morgan fingerprint density at radius 3 is 2.47 bits per heavy atom. The number of nitrogens with one attached hydrogen (secondary N) is 1. The highest BCUT2D eigenvalue weighted by Gasteiger charge is 2.13. The number of halogens is 1. The molecule has 10 heteroatoms. The van der Waals surface area contributed by atoms with Gasteiger partial charge in [0.05, 0.1) is 6.54 Å². The molecule has 0 aliphatic carbocycles. The Morgan fingerprint density at radius 1 is 1.06 bits per heavy atom. The molecule has 0 aliphatic rings. The fraction of sp³-hybridized carbons (Fsp3) is 0.154. The first-order chi connectivity index (χ1) is 17.2. The predicted octanol–water partition coefficient (Wildman–Crippen LogP) is 4.07. The van der Waals surface area contributed by atoms with Gasteiger partial charge in [0.2, 0.25) is 5.88 Å². The number of nitrogens with zero attached hydrogens (tertiary/aromatic N) is 3. The molecule has 0 aliphatic heterocycles. The average Bonchev–Trinajstić information content (AvgIpc) is 2.85. The molecular weight excluding hydrogens is 482 g/mol. The fourth-order valence-electron chi connectivity index (χ4n) is 3.65. The summed E-state index contributed by atoms with van der Waals surface area (Å²) in [6.07, 6.45) is 0.